The lowest BCUT2D eigenvalue weighted by molar-refractivity contribution is -0.317. The van der Waals surface area contributed by atoms with Gasteiger partial charge in [0.05, 0.1) is 59.6 Å². The lowest BCUT2D eigenvalue weighted by Gasteiger charge is -2.48. The first-order valence-electron chi connectivity index (χ1n) is 19.1. The highest BCUT2D eigenvalue weighted by Crippen LogP contribution is 2.39. The predicted octanol–water partition coefficient (Wildman–Crippen LogP) is 3.04. The van der Waals surface area contributed by atoms with E-state index in [4.69, 9.17) is 38.2 Å². The summed E-state index contributed by atoms with van der Waals surface area (Å²) in [6.45, 7) is 19.8. The van der Waals surface area contributed by atoms with Crippen molar-refractivity contribution in [3.05, 3.63) is 0 Å². The van der Waals surface area contributed by atoms with E-state index in [1.54, 1.807) is 34.6 Å². The molecule has 0 aromatic heterocycles. The minimum Gasteiger partial charge on any atom is -0.475 e. The summed E-state index contributed by atoms with van der Waals surface area (Å²) in [5, 5.41) is 45.4. The average molecular weight is 747 g/mol. The fourth-order valence-corrected chi connectivity index (χ4v) is 7.84. The van der Waals surface area contributed by atoms with Gasteiger partial charge in [0.15, 0.2) is 18.5 Å². The third-order valence-corrected chi connectivity index (χ3v) is 11.5. The van der Waals surface area contributed by atoms with Gasteiger partial charge in [-0.15, -0.1) is 0 Å². The monoisotopic (exact) mass is 746 g/mol. The van der Waals surface area contributed by atoms with Crippen LogP contribution in [0.3, 0.4) is 0 Å². The Kier molecular flexibility index (Phi) is 15.9. The van der Waals surface area contributed by atoms with Crippen LogP contribution in [0.4, 0.5) is 0 Å². The van der Waals surface area contributed by atoms with E-state index in [9.17, 15) is 25.2 Å². The van der Waals surface area contributed by atoms with Gasteiger partial charge in [-0.25, -0.2) is 0 Å². The van der Waals surface area contributed by atoms with Gasteiger partial charge in [-0.3, -0.25) is 9.79 Å². The highest BCUT2D eigenvalue weighted by molar-refractivity contribution is 5.81. The molecule has 2 unspecified atom stereocenters. The quantitative estimate of drug-likeness (QED) is 0.170. The van der Waals surface area contributed by atoms with E-state index in [0.717, 1.165) is 0 Å². The molecular weight excluding hydrogens is 676 g/mol. The highest BCUT2D eigenvalue weighted by atomic mass is 16.7. The predicted molar refractivity (Wildman–Crippen MR) is 195 cm³/mol. The first-order chi connectivity index (χ1) is 24.1. The molecule has 3 aliphatic heterocycles. The first kappa shape index (κ1) is 44.9. The van der Waals surface area contributed by atoms with Gasteiger partial charge in [0, 0.05) is 31.9 Å². The van der Waals surface area contributed by atoms with E-state index in [-0.39, 0.29) is 37.0 Å². The molecule has 0 aromatic rings. The highest BCUT2D eigenvalue weighted by Gasteiger charge is 2.51. The van der Waals surface area contributed by atoms with Crippen molar-refractivity contribution >= 4 is 11.9 Å². The Labute approximate surface area is 311 Å². The molecule has 52 heavy (non-hydrogen) atoms. The molecule has 304 valence electrons. The molecule has 0 aromatic carbocycles. The van der Waals surface area contributed by atoms with Crippen LogP contribution in [0.1, 0.15) is 102 Å². The molecule has 4 N–H and O–H groups in total. The van der Waals surface area contributed by atoms with Crippen molar-refractivity contribution in [2.45, 2.75) is 193 Å². The molecule has 14 nitrogen and oxygen atoms in total. The molecule has 18 atom stereocenters. The Hall–Kier alpha value is -1.46. The minimum absolute atomic E-state index is 0.0882. The van der Waals surface area contributed by atoms with Crippen molar-refractivity contribution < 1.29 is 58.4 Å². The Morgan fingerprint density at radius 2 is 1.67 bits per heavy atom. The number of hydrogen-bond acceptors (Lipinski definition) is 14. The number of nitrogens with zero attached hydrogens (tertiary/aromatic N) is 2. The van der Waals surface area contributed by atoms with Crippen molar-refractivity contribution in [1.82, 2.24) is 4.90 Å². The topological polar surface area (TPSA) is 178 Å². The van der Waals surface area contributed by atoms with Crippen LogP contribution in [0.15, 0.2) is 4.99 Å². The molecule has 3 rings (SSSR count). The van der Waals surface area contributed by atoms with Crippen molar-refractivity contribution in [3.63, 3.8) is 0 Å². The summed E-state index contributed by atoms with van der Waals surface area (Å²) in [6.07, 6.45) is -6.91. The number of esters is 1. The van der Waals surface area contributed by atoms with Crippen LogP contribution in [-0.4, -0.2) is 149 Å². The maximum absolute atomic E-state index is 13.7. The van der Waals surface area contributed by atoms with Crippen LogP contribution in [0.25, 0.3) is 0 Å². The zero-order chi connectivity index (χ0) is 39.5. The number of hydrogen-bond donors (Lipinski definition) is 4. The number of aliphatic hydroxyl groups excluding tert-OH is 3. The SMILES string of the molecule is CC[C@H](C)OC(=O)[C@H](C)[C@@H](O[C@H]1C[C@@](C)(OC)[C@@H](O)[C@H](C)O1)[C@H](C)[C@@H](O[C@@H]1O[C@H](C)C[C@H](N(C)C)[C@H]1O)C(C)(O)C[C@@H](C)N=C1OC(C)[C@H](O)[C@H]1C. The zero-order valence-corrected chi connectivity index (χ0v) is 34.0. The van der Waals surface area contributed by atoms with E-state index in [0.29, 0.717) is 18.7 Å². The number of likely N-dealkylation sites (N-methyl/N-ethyl adjacent to an activating group) is 1. The summed E-state index contributed by atoms with van der Waals surface area (Å²) in [5.41, 5.74) is -2.62. The molecule has 3 saturated heterocycles. The minimum atomic E-state index is -1.63. The Morgan fingerprint density at radius 1 is 1.04 bits per heavy atom. The van der Waals surface area contributed by atoms with E-state index < -0.39 is 90.4 Å². The number of methoxy groups -OCH3 is 1. The summed E-state index contributed by atoms with van der Waals surface area (Å²) in [4.78, 5) is 20.4. The molecular formula is C38H70N2O12. The van der Waals surface area contributed by atoms with Crippen molar-refractivity contribution in [2.75, 3.05) is 21.2 Å². The maximum atomic E-state index is 13.7. The van der Waals surface area contributed by atoms with Crippen LogP contribution in [0, 0.1) is 17.8 Å². The van der Waals surface area contributed by atoms with Crippen LogP contribution in [0.2, 0.25) is 0 Å². The van der Waals surface area contributed by atoms with Gasteiger partial charge in [-0.05, 0) is 82.3 Å². The van der Waals surface area contributed by atoms with Crippen molar-refractivity contribution in [2.24, 2.45) is 22.7 Å². The maximum Gasteiger partial charge on any atom is 0.311 e. The Balaban J connectivity index is 2.07. The third-order valence-electron chi connectivity index (χ3n) is 11.5. The fraction of sp³-hybridized carbons (Fsp3) is 0.947. The second-order valence-corrected chi connectivity index (χ2v) is 16.4. The number of rotatable bonds is 16. The third kappa shape index (κ3) is 10.6. The normalized spacial score (nSPS) is 39.6. The molecule has 0 bridgehead atoms. The molecule has 0 radical (unpaired) electrons. The molecule has 3 aliphatic rings. The van der Waals surface area contributed by atoms with E-state index in [1.807, 2.05) is 60.5 Å². The summed E-state index contributed by atoms with van der Waals surface area (Å²) < 4.78 is 43.1. The van der Waals surface area contributed by atoms with Gasteiger partial charge in [0.1, 0.15) is 24.4 Å². The number of ether oxygens (including phenoxy) is 7. The summed E-state index contributed by atoms with van der Waals surface area (Å²) in [7, 11) is 5.29. The standard InChI is InChI=1S/C38H70N2O12/c1-15-20(3)47-35(44)24(7)31(51-28-18-38(11,46-14)32(43)26(9)49-28)23(6)33(52-36-30(42)27(40(12)13)16-21(4)48-36)37(10,45)17-19(2)39-34-22(5)29(41)25(8)50-34/h19-33,36,41-43,45H,15-18H2,1-14H3/t19-,20+,21-,22-,23+,24-,25?,26+,27+,28+,29-,30-,31+,32+,33-,36+,37?,38-/m1/s1. The fourth-order valence-electron chi connectivity index (χ4n) is 7.84. The van der Waals surface area contributed by atoms with Crippen LogP contribution in [-0.2, 0) is 38.0 Å². The molecule has 3 heterocycles. The van der Waals surface area contributed by atoms with E-state index >= 15 is 0 Å². The Morgan fingerprint density at radius 3 is 2.21 bits per heavy atom. The molecule has 0 amide bonds. The van der Waals surface area contributed by atoms with E-state index in [2.05, 4.69) is 0 Å². The second-order valence-electron chi connectivity index (χ2n) is 16.4. The summed E-state index contributed by atoms with van der Waals surface area (Å²) in [5.74, 6) is -1.98. The van der Waals surface area contributed by atoms with Gasteiger partial charge in [-0.2, -0.15) is 0 Å². The van der Waals surface area contributed by atoms with Gasteiger partial charge in [0.2, 0.25) is 0 Å². The second kappa shape index (κ2) is 18.4. The van der Waals surface area contributed by atoms with Crippen LogP contribution < -0.4 is 0 Å². The van der Waals surface area contributed by atoms with Gasteiger partial charge >= 0.3 is 5.97 Å². The van der Waals surface area contributed by atoms with E-state index in [1.165, 1.54) is 7.11 Å². The first-order valence-corrected chi connectivity index (χ1v) is 19.1. The molecule has 14 heteroatoms. The molecule has 0 aliphatic carbocycles. The number of aliphatic imine (C=N–C) groups is 1. The van der Waals surface area contributed by atoms with Gasteiger partial charge in [-0.1, -0.05) is 20.8 Å². The summed E-state index contributed by atoms with van der Waals surface area (Å²) >= 11 is 0. The smallest absolute Gasteiger partial charge is 0.311 e. The lowest BCUT2D eigenvalue weighted by atomic mass is 9.78. The molecule has 0 spiro atoms. The molecule has 0 saturated carbocycles. The van der Waals surface area contributed by atoms with Crippen LogP contribution in [0.5, 0.6) is 0 Å². The lowest BCUT2D eigenvalue weighted by Crippen LogP contribution is -2.60. The molecule has 3 fully saturated rings. The van der Waals surface area contributed by atoms with Crippen LogP contribution >= 0.6 is 0 Å². The van der Waals surface area contributed by atoms with Crippen molar-refractivity contribution in [3.8, 4) is 0 Å². The number of aliphatic hydroxyl groups is 4. The largest absolute Gasteiger partial charge is 0.475 e. The number of carbonyl (C=O) groups excluding carboxylic acids is 1. The average Bonchev–Trinajstić information content (AvgIpc) is 3.30. The summed E-state index contributed by atoms with van der Waals surface area (Å²) in [6, 6.07) is -0.756. The van der Waals surface area contributed by atoms with Gasteiger partial charge in [0.25, 0.3) is 0 Å². The number of carbonyl (C=O) groups is 1. The van der Waals surface area contributed by atoms with Crippen molar-refractivity contribution in [1.29, 1.82) is 0 Å². The van der Waals surface area contributed by atoms with Gasteiger partial charge < -0.3 is 58.5 Å². The Bertz CT molecular complexity index is 1170. The zero-order valence-electron chi connectivity index (χ0n) is 34.0.